The quantitative estimate of drug-likeness (QED) is 0.446. The summed E-state index contributed by atoms with van der Waals surface area (Å²) < 4.78 is 0. The summed E-state index contributed by atoms with van der Waals surface area (Å²) in [6.45, 7) is 0. The highest BCUT2D eigenvalue weighted by Crippen LogP contribution is 2.43. The van der Waals surface area contributed by atoms with Gasteiger partial charge in [-0.1, -0.05) is 38.5 Å². The summed E-state index contributed by atoms with van der Waals surface area (Å²) in [6, 6.07) is 5.76. The normalized spacial score (nSPS) is 38.3. The second kappa shape index (κ2) is 10.6. The summed E-state index contributed by atoms with van der Waals surface area (Å²) in [5, 5.41) is 9.91. The first kappa shape index (κ1) is 25.6. The fraction of sp³-hybridized carbons (Fsp3) is 0.727. The monoisotopic (exact) mass is 531 g/mol. The summed E-state index contributed by atoms with van der Waals surface area (Å²) in [5.41, 5.74) is 1.30. The molecule has 9 aliphatic carbocycles. The molecule has 9 aliphatic rings. The van der Waals surface area contributed by atoms with Crippen LogP contribution in [0.5, 0.6) is 0 Å². The van der Waals surface area contributed by atoms with Crippen LogP contribution in [0.1, 0.15) is 127 Å². The van der Waals surface area contributed by atoms with Gasteiger partial charge in [-0.05, 0) is 111 Å². The van der Waals surface area contributed by atoms with Gasteiger partial charge < -0.3 is 16.0 Å². The van der Waals surface area contributed by atoms with Crippen molar-refractivity contribution in [2.45, 2.75) is 114 Å². The van der Waals surface area contributed by atoms with Gasteiger partial charge in [0.25, 0.3) is 17.7 Å². The van der Waals surface area contributed by atoms with Crippen LogP contribution in [0.2, 0.25) is 0 Å². The van der Waals surface area contributed by atoms with E-state index in [-0.39, 0.29) is 35.8 Å². The van der Waals surface area contributed by atoms with Gasteiger partial charge in [0.15, 0.2) is 0 Å². The number of amides is 3. The molecule has 1 aromatic carbocycles. The minimum absolute atomic E-state index is 0.148. The number of rotatable bonds is 6. The first-order valence-corrected chi connectivity index (χ1v) is 16.1. The van der Waals surface area contributed by atoms with Crippen molar-refractivity contribution in [1.29, 1.82) is 0 Å². The Labute approximate surface area is 232 Å². The molecule has 0 saturated heterocycles. The highest BCUT2D eigenvalue weighted by Gasteiger charge is 2.39. The van der Waals surface area contributed by atoms with Gasteiger partial charge in [0.1, 0.15) is 0 Å². The van der Waals surface area contributed by atoms with Gasteiger partial charge in [0.2, 0.25) is 0 Å². The van der Waals surface area contributed by atoms with Crippen LogP contribution in [0.25, 0.3) is 0 Å². The van der Waals surface area contributed by atoms with Crippen molar-refractivity contribution in [3.8, 4) is 0 Å². The number of nitrogens with one attached hydrogen (secondary N) is 3. The molecule has 39 heavy (non-hydrogen) atoms. The van der Waals surface area contributed by atoms with Gasteiger partial charge in [-0.25, -0.2) is 0 Å². The lowest BCUT2D eigenvalue weighted by molar-refractivity contribution is 0.0810. The molecule has 3 unspecified atom stereocenters. The number of hydrogen-bond acceptors (Lipinski definition) is 3. The van der Waals surface area contributed by atoms with Gasteiger partial charge in [0, 0.05) is 34.8 Å². The Hall–Kier alpha value is -2.37. The van der Waals surface area contributed by atoms with Crippen LogP contribution in [0, 0.1) is 35.5 Å². The summed E-state index contributed by atoms with van der Waals surface area (Å²) in [5.74, 6) is 3.37. The molecular formula is C33H45N3O3. The van der Waals surface area contributed by atoms with Crippen molar-refractivity contribution in [2.75, 3.05) is 0 Å². The van der Waals surface area contributed by atoms with E-state index >= 15 is 0 Å². The maximum atomic E-state index is 13.6. The lowest BCUT2D eigenvalue weighted by Crippen LogP contribution is -2.48. The smallest absolute Gasteiger partial charge is 0.251 e. The van der Waals surface area contributed by atoms with Gasteiger partial charge in [0.05, 0.1) is 0 Å². The van der Waals surface area contributed by atoms with Crippen LogP contribution in [0.4, 0.5) is 0 Å². The molecule has 6 bridgehead atoms. The molecule has 0 aromatic heterocycles. The number of hydrogen-bond donors (Lipinski definition) is 3. The third kappa shape index (κ3) is 5.25. The summed E-state index contributed by atoms with van der Waals surface area (Å²) in [6.07, 6.45) is 18.0. The zero-order valence-electron chi connectivity index (χ0n) is 23.3. The van der Waals surface area contributed by atoms with E-state index < -0.39 is 0 Å². The van der Waals surface area contributed by atoms with Gasteiger partial charge in [-0.3, -0.25) is 14.4 Å². The predicted octanol–water partition coefficient (Wildman–Crippen LogP) is 5.61. The van der Waals surface area contributed by atoms with Crippen LogP contribution in [0.3, 0.4) is 0 Å². The van der Waals surface area contributed by atoms with Crippen LogP contribution in [0.15, 0.2) is 18.2 Å². The lowest BCUT2D eigenvalue weighted by atomic mass is 9.68. The maximum absolute atomic E-state index is 13.6. The van der Waals surface area contributed by atoms with E-state index in [0.29, 0.717) is 34.4 Å². The van der Waals surface area contributed by atoms with Crippen molar-refractivity contribution in [2.24, 2.45) is 35.5 Å². The SMILES string of the molecule is O=C(NC1CC2CCC1CC2)c1cc(C(=O)NC2CC3CCC2CC3)cc(C(=O)NC2CC3CCC2CC3)c1. The molecule has 0 heterocycles. The van der Waals surface area contributed by atoms with Crippen LogP contribution >= 0.6 is 0 Å². The number of fused-ring (bicyclic) bond motifs is 9. The Morgan fingerprint density at radius 2 is 0.692 bits per heavy atom. The molecule has 3 N–H and O–H groups in total. The Kier molecular flexibility index (Phi) is 6.92. The molecule has 9 fully saturated rings. The Balaban J connectivity index is 1.11. The van der Waals surface area contributed by atoms with Crippen LogP contribution < -0.4 is 16.0 Å². The Bertz CT molecular complexity index is 959. The topological polar surface area (TPSA) is 87.3 Å². The second-order valence-electron chi connectivity index (χ2n) is 14.1. The van der Waals surface area contributed by atoms with E-state index in [1.807, 2.05) is 0 Å². The largest absolute Gasteiger partial charge is 0.349 e. The third-order valence-electron chi connectivity index (χ3n) is 11.8. The van der Waals surface area contributed by atoms with E-state index in [9.17, 15) is 14.4 Å². The molecule has 210 valence electrons. The molecule has 0 aliphatic heterocycles. The molecule has 9 saturated carbocycles. The van der Waals surface area contributed by atoms with Crippen molar-refractivity contribution in [3.05, 3.63) is 34.9 Å². The molecule has 1 aromatic rings. The summed E-state index contributed by atoms with van der Waals surface area (Å²) in [4.78, 5) is 40.7. The van der Waals surface area contributed by atoms with E-state index in [2.05, 4.69) is 16.0 Å². The molecule has 0 radical (unpaired) electrons. The standard InChI is InChI=1S/C33H45N3O3/c37-31(34-28-13-19-1-7-22(28)8-2-19)25-16-26(32(38)35-29-14-20-3-9-23(29)10-4-20)18-27(17-25)33(39)36-30-15-21-5-11-24(30)12-6-21/h16-24,28-30H,1-15H2,(H,34,37)(H,35,38)(H,36,39). The van der Waals surface area contributed by atoms with Gasteiger partial charge in [-0.2, -0.15) is 0 Å². The van der Waals surface area contributed by atoms with E-state index in [1.165, 1.54) is 77.0 Å². The molecule has 6 nitrogen and oxygen atoms in total. The summed E-state index contributed by atoms with van der Waals surface area (Å²) in [7, 11) is 0. The van der Waals surface area contributed by atoms with Crippen molar-refractivity contribution < 1.29 is 14.4 Å². The summed E-state index contributed by atoms with van der Waals surface area (Å²) >= 11 is 0. The zero-order chi connectivity index (χ0) is 26.5. The van der Waals surface area contributed by atoms with E-state index in [0.717, 1.165) is 37.0 Å². The minimum Gasteiger partial charge on any atom is -0.349 e. The Morgan fingerprint density at radius 3 is 0.897 bits per heavy atom. The predicted molar refractivity (Wildman–Crippen MR) is 150 cm³/mol. The second-order valence-corrected chi connectivity index (χ2v) is 14.1. The Morgan fingerprint density at radius 1 is 0.436 bits per heavy atom. The van der Waals surface area contributed by atoms with Gasteiger partial charge in [-0.15, -0.1) is 0 Å². The number of carbonyl (C=O) groups excluding carboxylic acids is 3. The zero-order valence-corrected chi connectivity index (χ0v) is 23.3. The first-order valence-electron chi connectivity index (χ1n) is 16.1. The molecular weight excluding hydrogens is 486 g/mol. The minimum atomic E-state index is -0.148. The van der Waals surface area contributed by atoms with Crippen molar-refractivity contribution >= 4 is 17.7 Å². The molecule has 0 spiro atoms. The lowest BCUT2D eigenvalue weighted by Gasteiger charge is -2.43. The van der Waals surface area contributed by atoms with Crippen LogP contribution in [-0.2, 0) is 0 Å². The molecule has 6 heteroatoms. The molecule has 3 amide bonds. The maximum Gasteiger partial charge on any atom is 0.251 e. The highest BCUT2D eigenvalue weighted by atomic mass is 16.2. The van der Waals surface area contributed by atoms with Crippen molar-refractivity contribution in [1.82, 2.24) is 16.0 Å². The number of carbonyl (C=O) groups is 3. The average Bonchev–Trinajstić information content (AvgIpc) is 2.99. The van der Waals surface area contributed by atoms with Crippen LogP contribution in [-0.4, -0.2) is 35.8 Å². The molecule has 10 rings (SSSR count). The van der Waals surface area contributed by atoms with E-state index in [4.69, 9.17) is 0 Å². The highest BCUT2D eigenvalue weighted by molar-refractivity contribution is 6.04. The van der Waals surface area contributed by atoms with Crippen molar-refractivity contribution in [3.63, 3.8) is 0 Å². The van der Waals surface area contributed by atoms with Gasteiger partial charge >= 0.3 is 0 Å². The molecule has 3 atom stereocenters. The first-order chi connectivity index (χ1) is 19.0. The number of benzene rings is 1. The van der Waals surface area contributed by atoms with E-state index in [1.54, 1.807) is 18.2 Å². The fourth-order valence-corrected chi connectivity index (χ4v) is 9.44. The average molecular weight is 532 g/mol. The third-order valence-corrected chi connectivity index (χ3v) is 11.8. The fourth-order valence-electron chi connectivity index (χ4n) is 9.44.